The molecule has 0 heterocycles. The molecule has 70 valence electrons. The molecule has 3 heteroatoms. The van der Waals surface area contributed by atoms with Gasteiger partial charge in [0.2, 0.25) is 0 Å². The minimum absolute atomic E-state index is 0.00352. The summed E-state index contributed by atoms with van der Waals surface area (Å²) in [5.41, 5.74) is 0.0515. The number of carboxylic acids is 1. The first-order chi connectivity index (χ1) is 5.45. The van der Waals surface area contributed by atoms with Gasteiger partial charge in [-0.25, -0.2) is 4.79 Å². The molecule has 0 aliphatic carbocycles. The number of rotatable bonds is 4. The number of carboxylic acid groups (broad SMARTS) is 1. The van der Waals surface area contributed by atoms with Crippen molar-refractivity contribution in [1.29, 1.82) is 0 Å². The zero-order chi connectivity index (χ0) is 9.72. The van der Waals surface area contributed by atoms with Crippen molar-refractivity contribution in [3.05, 3.63) is 11.3 Å². The van der Waals surface area contributed by atoms with Crippen molar-refractivity contribution < 1.29 is 15.0 Å². The Morgan fingerprint density at radius 3 is 2.17 bits per heavy atom. The van der Waals surface area contributed by atoms with Gasteiger partial charge in [0.05, 0.1) is 5.57 Å². The second-order valence-electron chi connectivity index (χ2n) is 3.31. The topological polar surface area (TPSA) is 57.5 Å². The van der Waals surface area contributed by atoms with E-state index >= 15 is 0 Å². The van der Waals surface area contributed by atoms with Crippen LogP contribution in [0.4, 0.5) is 0 Å². The lowest BCUT2D eigenvalue weighted by Gasteiger charge is -2.04. The van der Waals surface area contributed by atoms with Gasteiger partial charge in [-0.1, -0.05) is 13.8 Å². The van der Waals surface area contributed by atoms with Gasteiger partial charge in [-0.05, 0) is 19.3 Å². The third kappa shape index (κ3) is 4.01. The molecule has 12 heavy (non-hydrogen) atoms. The molecule has 0 amide bonds. The summed E-state index contributed by atoms with van der Waals surface area (Å²) < 4.78 is 0. The van der Waals surface area contributed by atoms with Crippen LogP contribution in [-0.4, -0.2) is 16.2 Å². The first-order valence-electron chi connectivity index (χ1n) is 4.07. The number of carbonyl (C=O) groups is 1. The predicted molar refractivity (Wildman–Crippen MR) is 47.0 cm³/mol. The van der Waals surface area contributed by atoms with Crippen molar-refractivity contribution in [1.82, 2.24) is 0 Å². The highest BCUT2D eigenvalue weighted by molar-refractivity contribution is 5.86. The molecule has 0 atom stereocenters. The summed E-state index contributed by atoms with van der Waals surface area (Å²) in [6, 6.07) is 0. The summed E-state index contributed by atoms with van der Waals surface area (Å²) in [6.45, 7) is 5.48. The summed E-state index contributed by atoms with van der Waals surface area (Å²) in [5.74, 6) is -0.568. The zero-order valence-electron chi connectivity index (χ0n) is 7.79. The van der Waals surface area contributed by atoms with E-state index in [9.17, 15) is 9.90 Å². The lowest BCUT2D eigenvalue weighted by molar-refractivity contribution is -0.132. The third-order valence-electron chi connectivity index (χ3n) is 1.71. The van der Waals surface area contributed by atoms with Gasteiger partial charge in [0.25, 0.3) is 0 Å². The molecule has 0 bridgehead atoms. The van der Waals surface area contributed by atoms with Crippen LogP contribution in [0.25, 0.3) is 0 Å². The van der Waals surface area contributed by atoms with Crippen LogP contribution in [0, 0.1) is 5.92 Å². The monoisotopic (exact) mass is 172 g/mol. The molecule has 0 spiro atoms. The Balaban J connectivity index is 4.09. The van der Waals surface area contributed by atoms with E-state index in [1.165, 1.54) is 6.92 Å². The molecule has 0 aromatic rings. The summed E-state index contributed by atoms with van der Waals surface area (Å²) in [7, 11) is 0. The lowest BCUT2D eigenvalue weighted by Crippen LogP contribution is -2.01. The fourth-order valence-corrected chi connectivity index (χ4v) is 0.736. The molecule has 0 radical (unpaired) electrons. The number of allylic oxidation sites excluding steroid dienone is 1. The Labute approximate surface area is 72.7 Å². The smallest absolute Gasteiger partial charge is 0.334 e. The van der Waals surface area contributed by atoms with Gasteiger partial charge >= 0.3 is 5.97 Å². The van der Waals surface area contributed by atoms with Crippen molar-refractivity contribution in [3.63, 3.8) is 0 Å². The third-order valence-corrected chi connectivity index (χ3v) is 1.71. The largest absolute Gasteiger partial charge is 0.512 e. The number of aliphatic carboxylic acids is 1. The lowest BCUT2D eigenvalue weighted by atomic mass is 10.1. The molecule has 0 aliphatic rings. The van der Waals surface area contributed by atoms with Gasteiger partial charge < -0.3 is 10.2 Å². The summed E-state index contributed by atoms with van der Waals surface area (Å²) in [4.78, 5) is 10.4. The average molecular weight is 172 g/mol. The molecule has 0 aromatic carbocycles. The van der Waals surface area contributed by atoms with E-state index in [4.69, 9.17) is 5.11 Å². The Hall–Kier alpha value is -0.990. The van der Waals surface area contributed by atoms with Crippen molar-refractivity contribution in [2.24, 2.45) is 5.92 Å². The summed E-state index contributed by atoms with van der Waals surface area (Å²) in [6.07, 6.45) is 1.27. The van der Waals surface area contributed by atoms with E-state index in [0.29, 0.717) is 12.3 Å². The highest BCUT2D eigenvalue weighted by atomic mass is 16.4. The number of hydrogen-bond acceptors (Lipinski definition) is 2. The second kappa shape index (κ2) is 4.80. The Bertz CT molecular complexity index is 192. The summed E-state index contributed by atoms with van der Waals surface area (Å²) >= 11 is 0. The van der Waals surface area contributed by atoms with Gasteiger partial charge in [-0.2, -0.15) is 0 Å². The Morgan fingerprint density at radius 2 is 1.83 bits per heavy atom. The zero-order valence-corrected chi connectivity index (χ0v) is 7.79. The van der Waals surface area contributed by atoms with E-state index in [0.717, 1.165) is 6.42 Å². The molecule has 0 unspecified atom stereocenters. The van der Waals surface area contributed by atoms with E-state index in [1.807, 2.05) is 13.8 Å². The van der Waals surface area contributed by atoms with Crippen LogP contribution in [0.15, 0.2) is 11.3 Å². The van der Waals surface area contributed by atoms with Crippen LogP contribution in [0.5, 0.6) is 0 Å². The van der Waals surface area contributed by atoms with Crippen LogP contribution in [-0.2, 0) is 4.79 Å². The van der Waals surface area contributed by atoms with Crippen molar-refractivity contribution >= 4 is 5.97 Å². The minimum atomic E-state index is -1.05. The van der Waals surface area contributed by atoms with Crippen LogP contribution >= 0.6 is 0 Å². The van der Waals surface area contributed by atoms with Crippen LogP contribution in [0.1, 0.15) is 33.6 Å². The highest BCUT2D eigenvalue weighted by Gasteiger charge is 2.07. The standard InChI is InChI=1S/C9H16O3/c1-6(2)4-5-8(10)7(3)9(11)12/h6,10H,4-5H2,1-3H3,(H,11,12)/b8-7-. The van der Waals surface area contributed by atoms with E-state index in [-0.39, 0.29) is 11.3 Å². The van der Waals surface area contributed by atoms with Crippen molar-refractivity contribution in [2.45, 2.75) is 33.6 Å². The predicted octanol–water partition coefficient (Wildman–Crippen LogP) is 2.34. The number of aliphatic hydroxyl groups is 1. The van der Waals surface area contributed by atoms with Gasteiger partial charge in [-0.3, -0.25) is 0 Å². The molecule has 2 N–H and O–H groups in total. The van der Waals surface area contributed by atoms with Crippen molar-refractivity contribution in [3.8, 4) is 0 Å². The molecule has 0 aliphatic heterocycles. The molecule has 0 aromatic heterocycles. The first kappa shape index (κ1) is 11.0. The molecular weight excluding hydrogens is 156 g/mol. The average Bonchev–Trinajstić information content (AvgIpc) is 1.98. The fraction of sp³-hybridized carbons (Fsp3) is 0.667. The molecule has 0 saturated heterocycles. The highest BCUT2D eigenvalue weighted by Crippen LogP contribution is 2.12. The van der Waals surface area contributed by atoms with E-state index in [2.05, 4.69) is 0 Å². The molecule has 3 nitrogen and oxygen atoms in total. The van der Waals surface area contributed by atoms with Gasteiger partial charge in [0, 0.05) is 6.42 Å². The van der Waals surface area contributed by atoms with Gasteiger partial charge in [0.1, 0.15) is 5.76 Å². The Kier molecular flexibility index (Phi) is 4.40. The number of hydrogen-bond donors (Lipinski definition) is 2. The van der Waals surface area contributed by atoms with E-state index < -0.39 is 5.97 Å². The van der Waals surface area contributed by atoms with Gasteiger partial charge in [-0.15, -0.1) is 0 Å². The maximum Gasteiger partial charge on any atom is 0.334 e. The van der Waals surface area contributed by atoms with Crippen molar-refractivity contribution in [2.75, 3.05) is 0 Å². The maximum absolute atomic E-state index is 10.4. The SMILES string of the molecule is C/C(C(=O)O)=C(/O)CCC(C)C. The van der Waals surface area contributed by atoms with Crippen LogP contribution in [0.2, 0.25) is 0 Å². The molecule has 0 rings (SSSR count). The minimum Gasteiger partial charge on any atom is -0.512 e. The molecule has 0 saturated carbocycles. The van der Waals surface area contributed by atoms with Gasteiger partial charge in [0.15, 0.2) is 0 Å². The van der Waals surface area contributed by atoms with Crippen LogP contribution in [0.3, 0.4) is 0 Å². The quantitative estimate of drug-likeness (QED) is 0.505. The number of aliphatic hydroxyl groups excluding tert-OH is 1. The first-order valence-corrected chi connectivity index (χ1v) is 4.07. The molecule has 0 fully saturated rings. The normalized spacial score (nSPS) is 13.0. The summed E-state index contributed by atoms with van der Waals surface area (Å²) in [5, 5.41) is 17.7. The fourth-order valence-electron chi connectivity index (χ4n) is 0.736. The van der Waals surface area contributed by atoms with Crippen LogP contribution < -0.4 is 0 Å². The molecular formula is C9H16O3. The van der Waals surface area contributed by atoms with E-state index in [1.54, 1.807) is 0 Å². The maximum atomic E-state index is 10.4. The second-order valence-corrected chi connectivity index (χ2v) is 3.31. The Morgan fingerprint density at radius 1 is 1.33 bits per heavy atom.